The van der Waals surface area contributed by atoms with Gasteiger partial charge in [-0.1, -0.05) is 36.4 Å². The van der Waals surface area contributed by atoms with Gasteiger partial charge in [-0.15, -0.1) is 0 Å². The van der Waals surface area contributed by atoms with Crippen LogP contribution in [-0.2, 0) is 9.59 Å². The zero-order chi connectivity index (χ0) is 16.4. The van der Waals surface area contributed by atoms with E-state index in [1.165, 1.54) is 4.90 Å². The molecule has 0 aromatic heterocycles. The van der Waals surface area contributed by atoms with Crippen LogP contribution in [0.2, 0.25) is 0 Å². The van der Waals surface area contributed by atoms with Gasteiger partial charge in [0, 0.05) is 18.7 Å². The fraction of sp³-hybridized carbons (Fsp3) is 0.235. The summed E-state index contributed by atoms with van der Waals surface area (Å²) in [6, 6.07) is 11.9. The maximum absolute atomic E-state index is 12.9. The molecule has 2 aromatic rings. The highest BCUT2D eigenvalue weighted by Gasteiger charge is 2.35. The van der Waals surface area contributed by atoms with Gasteiger partial charge >= 0.3 is 5.97 Å². The third-order valence-electron chi connectivity index (χ3n) is 3.98. The maximum Gasteiger partial charge on any atom is 0.305 e. The minimum Gasteiger partial charge on any atom is -0.481 e. The summed E-state index contributed by atoms with van der Waals surface area (Å²) in [6.07, 6.45) is -0.400. The van der Waals surface area contributed by atoms with E-state index < -0.39 is 24.3 Å². The highest BCUT2D eigenvalue weighted by Crippen LogP contribution is 2.22. The van der Waals surface area contributed by atoms with E-state index in [1.54, 1.807) is 12.1 Å². The van der Waals surface area contributed by atoms with Gasteiger partial charge in [0.25, 0.3) is 5.91 Å². The summed E-state index contributed by atoms with van der Waals surface area (Å²) >= 11 is 0. The van der Waals surface area contributed by atoms with Gasteiger partial charge in [0.2, 0.25) is 5.91 Å². The van der Waals surface area contributed by atoms with Crippen LogP contribution in [0, 0.1) is 0 Å². The molecule has 0 saturated carbocycles. The van der Waals surface area contributed by atoms with E-state index in [1.807, 2.05) is 30.3 Å². The number of nitrogens with zero attached hydrogens (tertiary/aromatic N) is 1. The van der Waals surface area contributed by atoms with E-state index in [0.717, 1.165) is 10.8 Å². The van der Waals surface area contributed by atoms with Crippen molar-refractivity contribution in [3.8, 4) is 0 Å². The van der Waals surface area contributed by atoms with Crippen molar-refractivity contribution in [1.82, 2.24) is 10.2 Å². The Morgan fingerprint density at radius 2 is 1.91 bits per heavy atom. The van der Waals surface area contributed by atoms with Gasteiger partial charge in [0.1, 0.15) is 6.04 Å². The Labute approximate surface area is 132 Å². The molecule has 3 rings (SSSR count). The number of carbonyl (C=O) groups excluding carboxylic acids is 2. The van der Waals surface area contributed by atoms with Gasteiger partial charge in [-0.25, -0.2) is 0 Å². The van der Waals surface area contributed by atoms with E-state index in [4.69, 9.17) is 5.11 Å². The maximum atomic E-state index is 12.9. The molecule has 1 aliphatic rings. The van der Waals surface area contributed by atoms with Crippen molar-refractivity contribution in [2.45, 2.75) is 12.5 Å². The first-order valence-corrected chi connectivity index (χ1v) is 7.36. The highest BCUT2D eigenvalue weighted by molar-refractivity contribution is 6.08. The highest BCUT2D eigenvalue weighted by atomic mass is 16.4. The first-order valence-electron chi connectivity index (χ1n) is 7.36. The molecule has 1 unspecified atom stereocenters. The van der Waals surface area contributed by atoms with Crippen molar-refractivity contribution in [1.29, 1.82) is 0 Å². The lowest BCUT2D eigenvalue weighted by Crippen LogP contribution is -2.57. The molecule has 23 heavy (non-hydrogen) atoms. The van der Waals surface area contributed by atoms with Crippen LogP contribution in [0.1, 0.15) is 16.8 Å². The number of piperazine rings is 1. The predicted octanol–water partition coefficient (Wildman–Crippen LogP) is 1.26. The van der Waals surface area contributed by atoms with Crippen LogP contribution in [0.15, 0.2) is 42.5 Å². The summed E-state index contributed by atoms with van der Waals surface area (Å²) in [5, 5.41) is 13.3. The molecular formula is C17H16N2O4. The third kappa shape index (κ3) is 2.88. The number of amides is 2. The number of fused-ring (bicyclic) bond motifs is 1. The number of nitrogens with one attached hydrogen (secondary N) is 1. The summed E-state index contributed by atoms with van der Waals surface area (Å²) in [7, 11) is 0. The van der Waals surface area contributed by atoms with Crippen molar-refractivity contribution >= 4 is 28.6 Å². The smallest absolute Gasteiger partial charge is 0.305 e. The number of rotatable bonds is 3. The number of aliphatic carboxylic acids is 1. The minimum atomic E-state index is -1.11. The molecule has 0 bridgehead atoms. The zero-order valence-electron chi connectivity index (χ0n) is 12.4. The molecule has 0 aliphatic carbocycles. The van der Waals surface area contributed by atoms with Gasteiger partial charge in [0.05, 0.1) is 6.42 Å². The van der Waals surface area contributed by atoms with Gasteiger partial charge < -0.3 is 15.3 Å². The molecular weight excluding hydrogens is 296 g/mol. The van der Waals surface area contributed by atoms with Gasteiger partial charge in [-0.2, -0.15) is 0 Å². The molecule has 6 heteroatoms. The van der Waals surface area contributed by atoms with Crippen LogP contribution < -0.4 is 5.32 Å². The largest absolute Gasteiger partial charge is 0.481 e. The summed E-state index contributed by atoms with van der Waals surface area (Å²) in [5.74, 6) is -1.85. The van der Waals surface area contributed by atoms with Crippen molar-refractivity contribution < 1.29 is 19.5 Å². The molecule has 1 aliphatic heterocycles. The average Bonchev–Trinajstić information content (AvgIpc) is 2.55. The van der Waals surface area contributed by atoms with E-state index >= 15 is 0 Å². The van der Waals surface area contributed by atoms with Gasteiger partial charge in [0.15, 0.2) is 0 Å². The Hall–Kier alpha value is -2.89. The lowest BCUT2D eigenvalue weighted by atomic mass is 10.0. The van der Waals surface area contributed by atoms with E-state index in [0.29, 0.717) is 18.7 Å². The number of benzene rings is 2. The Kier molecular flexibility index (Phi) is 3.97. The summed E-state index contributed by atoms with van der Waals surface area (Å²) < 4.78 is 0. The van der Waals surface area contributed by atoms with Crippen LogP contribution in [-0.4, -0.2) is 46.9 Å². The van der Waals surface area contributed by atoms with Crippen LogP contribution in [0.25, 0.3) is 10.8 Å². The molecule has 0 spiro atoms. The van der Waals surface area contributed by atoms with Crippen molar-refractivity contribution in [2.24, 2.45) is 0 Å². The van der Waals surface area contributed by atoms with Crippen molar-refractivity contribution in [2.75, 3.05) is 13.1 Å². The first kappa shape index (κ1) is 15.0. The Balaban J connectivity index is 1.99. The topological polar surface area (TPSA) is 86.7 Å². The predicted molar refractivity (Wildman–Crippen MR) is 84.0 cm³/mol. The normalized spacial score (nSPS) is 17.8. The van der Waals surface area contributed by atoms with Crippen LogP contribution >= 0.6 is 0 Å². The second-order valence-corrected chi connectivity index (χ2v) is 5.43. The standard InChI is InChI=1S/C17H16N2O4/c20-15(21)10-14-16(22)18-8-9-19(14)17(23)13-7-3-5-11-4-1-2-6-12(11)13/h1-7,14H,8-10H2,(H,18,22)(H,20,21). The summed E-state index contributed by atoms with van der Waals surface area (Å²) in [6.45, 7) is 0.622. The number of hydrogen-bond donors (Lipinski definition) is 2. The molecule has 1 atom stereocenters. The molecule has 1 saturated heterocycles. The minimum absolute atomic E-state index is 0.297. The summed E-state index contributed by atoms with van der Waals surface area (Å²) in [4.78, 5) is 37.2. The molecule has 2 N–H and O–H groups in total. The molecule has 2 amide bonds. The molecule has 1 heterocycles. The SMILES string of the molecule is O=C(O)CC1C(=O)NCCN1C(=O)c1cccc2ccccc12. The van der Waals surface area contributed by atoms with Crippen LogP contribution in [0.4, 0.5) is 0 Å². The molecule has 0 radical (unpaired) electrons. The molecule has 118 valence electrons. The van der Waals surface area contributed by atoms with Crippen LogP contribution in [0.5, 0.6) is 0 Å². The lowest BCUT2D eigenvalue weighted by Gasteiger charge is -2.34. The lowest BCUT2D eigenvalue weighted by molar-refractivity contribution is -0.142. The quantitative estimate of drug-likeness (QED) is 0.893. The van der Waals surface area contributed by atoms with Gasteiger partial charge in [-0.3, -0.25) is 14.4 Å². The molecule has 6 nitrogen and oxygen atoms in total. The Morgan fingerprint density at radius 1 is 1.17 bits per heavy atom. The van der Waals surface area contributed by atoms with Crippen molar-refractivity contribution in [3.05, 3.63) is 48.0 Å². The fourth-order valence-electron chi connectivity index (χ4n) is 2.89. The molecule has 2 aromatic carbocycles. The fourth-order valence-corrected chi connectivity index (χ4v) is 2.89. The van der Waals surface area contributed by atoms with Crippen molar-refractivity contribution in [3.63, 3.8) is 0 Å². The number of carbonyl (C=O) groups is 3. The molecule has 1 fully saturated rings. The third-order valence-corrected chi connectivity index (χ3v) is 3.98. The van der Waals surface area contributed by atoms with Crippen LogP contribution in [0.3, 0.4) is 0 Å². The van der Waals surface area contributed by atoms with E-state index in [-0.39, 0.29) is 5.91 Å². The Bertz CT molecular complexity index is 782. The first-order chi connectivity index (χ1) is 11.1. The second kappa shape index (κ2) is 6.08. The summed E-state index contributed by atoms with van der Waals surface area (Å²) in [5.41, 5.74) is 0.480. The average molecular weight is 312 g/mol. The van der Waals surface area contributed by atoms with E-state index in [9.17, 15) is 14.4 Å². The zero-order valence-corrected chi connectivity index (χ0v) is 12.4. The number of hydrogen-bond acceptors (Lipinski definition) is 3. The van der Waals surface area contributed by atoms with E-state index in [2.05, 4.69) is 5.32 Å². The number of carboxylic acid groups (broad SMARTS) is 1. The monoisotopic (exact) mass is 312 g/mol. The van der Waals surface area contributed by atoms with Gasteiger partial charge in [-0.05, 0) is 16.8 Å². The number of carboxylic acids is 1. The second-order valence-electron chi connectivity index (χ2n) is 5.43. The Morgan fingerprint density at radius 3 is 2.70 bits per heavy atom.